The van der Waals surface area contributed by atoms with Crippen LogP contribution in [0.3, 0.4) is 0 Å². The summed E-state index contributed by atoms with van der Waals surface area (Å²) in [5, 5.41) is 3.59. The molecule has 0 saturated heterocycles. The molecule has 0 radical (unpaired) electrons. The molecule has 0 aliphatic carbocycles. The number of nitrogens with one attached hydrogen (secondary N) is 1. The van der Waals surface area contributed by atoms with E-state index in [9.17, 15) is 0 Å². The van der Waals surface area contributed by atoms with Crippen LogP contribution in [0.1, 0.15) is 45.1 Å². The first-order chi connectivity index (χ1) is 7.69. The van der Waals surface area contributed by atoms with Gasteiger partial charge < -0.3 is 5.32 Å². The van der Waals surface area contributed by atoms with Crippen LogP contribution in [0.5, 0.6) is 0 Å². The van der Waals surface area contributed by atoms with E-state index in [0.29, 0.717) is 12.0 Å². The lowest BCUT2D eigenvalue weighted by molar-refractivity contribution is 0.450. The molecule has 0 amide bonds. The lowest BCUT2D eigenvalue weighted by atomic mass is 9.90. The quantitative estimate of drug-likeness (QED) is 0.819. The van der Waals surface area contributed by atoms with E-state index in [2.05, 4.69) is 66.3 Å². The molecule has 1 nitrogen and oxygen atoms in total. The molecule has 2 heteroatoms. The van der Waals surface area contributed by atoms with Crippen LogP contribution < -0.4 is 5.32 Å². The summed E-state index contributed by atoms with van der Waals surface area (Å²) in [6.45, 7) is 7.85. The van der Waals surface area contributed by atoms with Crippen molar-refractivity contribution in [2.45, 2.75) is 45.6 Å². The average Bonchev–Trinajstić information content (AvgIpc) is 2.27. The van der Waals surface area contributed by atoms with Crippen molar-refractivity contribution in [3.05, 3.63) is 34.3 Å². The summed E-state index contributed by atoms with van der Waals surface area (Å²) in [6.07, 6.45) is 2.37. The van der Waals surface area contributed by atoms with Crippen molar-refractivity contribution in [3.63, 3.8) is 0 Å². The van der Waals surface area contributed by atoms with E-state index in [4.69, 9.17) is 0 Å². The number of halogens is 1. The van der Waals surface area contributed by atoms with Gasteiger partial charge in [-0.05, 0) is 49.9 Å². The molecule has 1 N–H and O–H groups in total. The van der Waals surface area contributed by atoms with Gasteiger partial charge in [-0.15, -0.1) is 0 Å². The Labute approximate surface area is 108 Å². The third-order valence-electron chi connectivity index (χ3n) is 3.04. The first kappa shape index (κ1) is 13.7. The summed E-state index contributed by atoms with van der Waals surface area (Å²) in [5.74, 6) is 0.601. The second-order valence-corrected chi connectivity index (χ2v) is 5.23. The third-order valence-corrected chi connectivity index (χ3v) is 3.53. The van der Waals surface area contributed by atoms with Crippen LogP contribution in [0.15, 0.2) is 28.7 Å². The van der Waals surface area contributed by atoms with Gasteiger partial charge >= 0.3 is 0 Å². The Morgan fingerprint density at radius 1 is 1.31 bits per heavy atom. The van der Waals surface area contributed by atoms with Crippen LogP contribution in [0.25, 0.3) is 0 Å². The van der Waals surface area contributed by atoms with E-state index in [-0.39, 0.29) is 0 Å². The van der Waals surface area contributed by atoms with E-state index in [1.54, 1.807) is 0 Å². The maximum absolute atomic E-state index is 3.59. The van der Waals surface area contributed by atoms with Gasteiger partial charge in [0.2, 0.25) is 0 Å². The van der Waals surface area contributed by atoms with Crippen molar-refractivity contribution in [1.82, 2.24) is 5.32 Å². The van der Waals surface area contributed by atoms with Crippen molar-refractivity contribution in [3.8, 4) is 0 Å². The highest BCUT2D eigenvalue weighted by molar-refractivity contribution is 9.10. The van der Waals surface area contributed by atoms with E-state index in [1.807, 2.05) is 0 Å². The van der Waals surface area contributed by atoms with Gasteiger partial charge in [0.05, 0.1) is 0 Å². The Morgan fingerprint density at radius 2 is 2.06 bits per heavy atom. The second kappa shape index (κ2) is 7.08. The zero-order valence-electron chi connectivity index (χ0n) is 10.5. The zero-order valence-corrected chi connectivity index (χ0v) is 12.0. The smallest absolute Gasteiger partial charge is 0.0178 e. The number of hydrogen-bond acceptors (Lipinski definition) is 1. The van der Waals surface area contributed by atoms with Crippen molar-refractivity contribution < 1.29 is 0 Å². The normalized spacial score (nSPS) is 14.8. The van der Waals surface area contributed by atoms with Crippen LogP contribution in [0.2, 0.25) is 0 Å². The zero-order chi connectivity index (χ0) is 12.0. The molecule has 0 fully saturated rings. The van der Waals surface area contributed by atoms with Crippen molar-refractivity contribution in [2.24, 2.45) is 0 Å². The van der Waals surface area contributed by atoms with E-state index in [1.165, 1.54) is 22.9 Å². The Hall–Kier alpha value is -0.340. The van der Waals surface area contributed by atoms with Gasteiger partial charge in [-0.25, -0.2) is 0 Å². The molecule has 2 unspecified atom stereocenters. The summed E-state index contributed by atoms with van der Waals surface area (Å²) >= 11 is 3.54. The molecule has 1 aromatic rings. The summed E-state index contributed by atoms with van der Waals surface area (Å²) in [7, 11) is 0. The molecular weight excluding hydrogens is 262 g/mol. The average molecular weight is 284 g/mol. The van der Waals surface area contributed by atoms with Gasteiger partial charge in [-0.3, -0.25) is 0 Å². The van der Waals surface area contributed by atoms with Crippen LogP contribution in [0.4, 0.5) is 0 Å². The molecule has 0 heterocycles. The van der Waals surface area contributed by atoms with E-state index < -0.39 is 0 Å². The molecule has 2 atom stereocenters. The van der Waals surface area contributed by atoms with Crippen LogP contribution in [0, 0.1) is 0 Å². The molecule has 0 spiro atoms. The molecule has 0 saturated carbocycles. The maximum Gasteiger partial charge on any atom is 0.0178 e. The van der Waals surface area contributed by atoms with E-state index in [0.717, 1.165) is 6.54 Å². The molecule has 1 aromatic carbocycles. The fourth-order valence-corrected chi connectivity index (χ4v) is 2.55. The molecule has 1 rings (SSSR count). The molecular formula is C14H22BrN. The highest BCUT2D eigenvalue weighted by Gasteiger charge is 2.16. The summed E-state index contributed by atoms with van der Waals surface area (Å²) in [4.78, 5) is 0. The SMILES string of the molecule is CCCNC(C)C(CC)c1cccc(Br)c1. The van der Waals surface area contributed by atoms with Gasteiger partial charge in [0, 0.05) is 10.5 Å². The van der Waals surface area contributed by atoms with Crippen LogP contribution in [-0.2, 0) is 0 Å². The molecule has 0 bridgehead atoms. The molecule has 16 heavy (non-hydrogen) atoms. The van der Waals surface area contributed by atoms with Crippen molar-refractivity contribution >= 4 is 15.9 Å². The molecule has 0 aliphatic rings. The topological polar surface area (TPSA) is 12.0 Å². The lowest BCUT2D eigenvalue weighted by Gasteiger charge is -2.24. The summed E-state index contributed by atoms with van der Waals surface area (Å²) in [6, 6.07) is 9.20. The standard InChI is InChI=1S/C14H22BrN/c1-4-9-16-11(3)14(5-2)12-7-6-8-13(15)10-12/h6-8,10-11,14,16H,4-5,9H2,1-3H3. The number of rotatable bonds is 6. The molecule has 0 aliphatic heterocycles. The Kier molecular flexibility index (Phi) is 6.07. The van der Waals surface area contributed by atoms with Crippen LogP contribution >= 0.6 is 15.9 Å². The van der Waals surface area contributed by atoms with Gasteiger partial charge in [0.1, 0.15) is 0 Å². The Bertz CT molecular complexity index is 311. The lowest BCUT2D eigenvalue weighted by Crippen LogP contribution is -2.32. The first-order valence-corrected chi connectivity index (χ1v) is 6.97. The van der Waals surface area contributed by atoms with Crippen molar-refractivity contribution in [2.75, 3.05) is 6.54 Å². The largest absolute Gasteiger partial charge is 0.314 e. The predicted octanol–water partition coefficient (Wildman–Crippen LogP) is 4.33. The highest BCUT2D eigenvalue weighted by atomic mass is 79.9. The minimum Gasteiger partial charge on any atom is -0.314 e. The van der Waals surface area contributed by atoms with Gasteiger partial charge in [-0.1, -0.05) is 41.9 Å². The van der Waals surface area contributed by atoms with E-state index >= 15 is 0 Å². The van der Waals surface area contributed by atoms with Gasteiger partial charge in [0.15, 0.2) is 0 Å². The summed E-state index contributed by atoms with van der Waals surface area (Å²) in [5.41, 5.74) is 1.42. The minimum absolute atomic E-state index is 0.541. The predicted molar refractivity (Wildman–Crippen MR) is 74.9 cm³/mol. The number of benzene rings is 1. The first-order valence-electron chi connectivity index (χ1n) is 6.17. The monoisotopic (exact) mass is 283 g/mol. The number of hydrogen-bond donors (Lipinski definition) is 1. The van der Waals surface area contributed by atoms with Crippen molar-refractivity contribution in [1.29, 1.82) is 0 Å². The summed E-state index contributed by atoms with van der Waals surface area (Å²) < 4.78 is 1.17. The fraction of sp³-hybridized carbons (Fsp3) is 0.571. The minimum atomic E-state index is 0.541. The second-order valence-electron chi connectivity index (χ2n) is 4.31. The van der Waals surface area contributed by atoms with Crippen LogP contribution in [-0.4, -0.2) is 12.6 Å². The maximum atomic E-state index is 3.59. The highest BCUT2D eigenvalue weighted by Crippen LogP contribution is 2.25. The third kappa shape index (κ3) is 3.91. The van der Waals surface area contributed by atoms with Gasteiger partial charge in [0.25, 0.3) is 0 Å². The molecule has 0 aromatic heterocycles. The Balaban J connectivity index is 2.73. The molecule has 90 valence electrons. The fourth-order valence-electron chi connectivity index (χ4n) is 2.13. The Morgan fingerprint density at radius 3 is 2.62 bits per heavy atom. The van der Waals surface area contributed by atoms with Gasteiger partial charge in [-0.2, -0.15) is 0 Å².